The van der Waals surface area contributed by atoms with Crippen molar-refractivity contribution in [1.29, 1.82) is 0 Å². The molecule has 0 aliphatic carbocycles. The monoisotopic (exact) mass is 599 g/mol. The Morgan fingerprint density at radius 1 is 1.11 bits per heavy atom. The zero-order chi connectivity index (χ0) is 25.7. The van der Waals surface area contributed by atoms with Gasteiger partial charge in [0.1, 0.15) is 23.9 Å². The number of carbonyl (C=O) groups is 2. The van der Waals surface area contributed by atoms with E-state index in [0.29, 0.717) is 52.8 Å². The van der Waals surface area contributed by atoms with Gasteiger partial charge in [0.05, 0.1) is 19.3 Å². The summed E-state index contributed by atoms with van der Waals surface area (Å²) in [5.74, 6) is 0.983. The zero-order valence-electron chi connectivity index (χ0n) is 19.9. The number of benzene rings is 3. The lowest BCUT2D eigenvalue weighted by Gasteiger charge is -2.38. The number of carbonyl (C=O) groups excluding carboxylic acids is 2. The van der Waals surface area contributed by atoms with Crippen LogP contribution < -0.4 is 25.0 Å². The Labute approximate surface area is 223 Å². The summed E-state index contributed by atoms with van der Waals surface area (Å²) in [6, 6.07) is 17.6. The van der Waals surface area contributed by atoms with Gasteiger partial charge in [-0.2, -0.15) is 0 Å². The molecule has 9 heteroatoms. The molecule has 0 unspecified atom stereocenters. The molecule has 0 aromatic heterocycles. The summed E-state index contributed by atoms with van der Waals surface area (Å²) in [6.45, 7) is 6.30. The third-order valence-electron chi connectivity index (χ3n) is 5.50. The van der Waals surface area contributed by atoms with E-state index in [1.54, 1.807) is 61.7 Å². The number of nitrogens with zero attached hydrogens (tertiary/aromatic N) is 1. The van der Waals surface area contributed by atoms with Gasteiger partial charge in [0.25, 0.3) is 11.8 Å². The van der Waals surface area contributed by atoms with Crippen molar-refractivity contribution in [3.8, 4) is 17.2 Å². The maximum atomic E-state index is 13.7. The van der Waals surface area contributed by atoms with Crippen molar-refractivity contribution >= 4 is 40.1 Å². The minimum atomic E-state index is -0.749. The quantitative estimate of drug-likeness (QED) is 0.261. The Kier molecular flexibility index (Phi) is 7.99. The molecule has 0 radical (unpaired) electrons. The Balaban J connectivity index is 1.71. The molecule has 2 amide bonds. The smallest absolute Gasteiger partial charge is 0.276 e. The second-order valence-corrected chi connectivity index (χ2v) is 9.06. The first-order valence-corrected chi connectivity index (χ1v) is 12.4. The summed E-state index contributed by atoms with van der Waals surface area (Å²) in [5.41, 5.74) is 4.91. The molecule has 8 nitrogen and oxygen atoms in total. The number of hydrogen-bond acceptors (Lipinski definition) is 6. The highest BCUT2D eigenvalue weighted by Crippen LogP contribution is 2.38. The fourth-order valence-corrected chi connectivity index (χ4v) is 4.29. The van der Waals surface area contributed by atoms with E-state index in [1.165, 1.54) is 5.01 Å². The number of rotatable bonds is 9. The van der Waals surface area contributed by atoms with Crippen molar-refractivity contribution in [2.45, 2.75) is 13.1 Å². The lowest BCUT2D eigenvalue weighted by atomic mass is 10.0. The van der Waals surface area contributed by atoms with Crippen LogP contribution in [0.1, 0.15) is 39.4 Å². The zero-order valence-corrected chi connectivity index (χ0v) is 22.1. The average molecular weight is 599 g/mol. The molecule has 1 heterocycles. The fourth-order valence-electron chi connectivity index (χ4n) is 3.80. The van der Waals surface area contributed by atoms with E-state index in [2.05, 4.69) is 39.9 Å². The molecule has 36 heavy (non-hydrogen) atoms. The predicted molar refractivity (Wildman–Crippen MR) is 145 cm³/mol. The van der Waals surface area contributed by atoms with Crippen LogP contribution in [0.15, 0.2) is 73.3 Å². The van der Waals surface area contributed by atoms with Crippen molar-refractivity contribution in [3.05, 3.63) is 93.6 Å². The van der Waals surface area contributed by atoms with Gasteiger partial charge in [-0.3, -0.25) is 15.0 Å². The Morgan fingerprint density at radius 2 is 1.86 bits per heavy atom. The molecule has 0 spiro atoms. The second-order valence-electron chi connectivity index (χ2n) is 7.81. The summed E-state index contributed by atoms with van der Waals surface area (Å²) in [6.07, 6.45) is 0.893. The van der Waals surface area contributed by atoms with Gasteiger partial charge in [-0.1, -0.05) is 12.7 Å². The Bertz CT molecular complexity index is 1280. The van der Waals surface area contributed by atoms with Crippen LogP contribution >= 0.6 is 22.6 Å². The average Bonchev–Trinajstić information content (AvgIpc) is 2.90. The van der Waals surface area contributed by atoms with Gasteiger partial charge in [-0.25, -0.2) is 5.01 Å². The highest BCUT2D eigenvalue weighted by Gasteiger charge is 2.36. The van der Waals surface area contributed by atoms with E-state index in [1.807, 2.05) is 19.1 Å². The first kappa shape index (κ1) is 25.4. The summed E-state index contributed by atoms with van der Waals surface area (Å²) in [4.78, 5) is 26.9. The number of anilines is 1. The lowest BCUT2D eigenvalue weighted by Crippen LogP contribution is -2.53. The van der Waals surface area contributed by atoms with Crippen LogP contribution in [0.4, 0.5) is 5.69 Å². The van der Waals surface area contributed by atoms with Crippen molar-refractivity contribution in [1.82, 2.24) is 10.4 Å². The molecule has 0 bridgehead atoms. The van der Waals surface area contributed by atoms with Crippen LogP contribution in [0.3, 0.4) is 0 Å². The van der Waals surface area contributed by atoms with Crippen LogP contribution in [0.25, 0.3) is 0 Å². The van der Waals surface area contributed by atoms with Crippen LogP contribution in [0, 0.1) is 3.57 Å². The highest BCUT2D eigenvalue weighted by molar-refractivity contribution is 14.1. The fraction of sp³-hybridized carbons (Fsp3) is 0.185. The normalized spacial score (nSPS) is 14.4. The van der Waals surface area contributed by atoms with Crippen molar-refractivity contribution in [2.75, 3.05) is 25.6 Å². The molecule has 1 aliphatic heterocycles. The van der Waals surface area contributed by atoms with Gasteiger partial charge in [-0.15, -0.1) is 0 Å². The summed E-state index contributed by atoms with van der Waals surface area (Å²) < 4.78 is 17.7. The molecule has 4 rings (SSSR count). The van der Waals surface area contributed by atoms with Crippen molar-refractivity contribution in [2.24, 2.45) is 0 Å². The van der Waals surface area contributed by atoms with Gasteiger partial charge in [-0.05, 0) is 90.2 Å². The minimum absolute atomic E-state index is 0.350. The maximum Gasteiger partial charge on any atom is 0.276 e. The summed E-state index contributed by atoms with van der Waals surface area (Å²) in [7, 11) is 1.57. The number of methoxy groups -OCH3 is 1. The first-order chi connectivity index (χ1) is 17.4. The van der Waals surface area contributed by atoms with Gasteiger partial charge in [0.15, 0.2) is 6.17 Å². The van der Waals surface area contributed by atoms with Gasteiger partial charge >= 0.3 is 0 Å². The number of amides is 2. The Morgan fingerprint density at radius 3 is 2.56 bits per heavy atom. The van der Waals surface area contributed by atoms with E-state index in [0.717, 1.165) is 3.57 Å². The van der Waals surface area contributed by atoms with Gasteiger partial charge in [0, 0.05) is 20.4 Å². The SMILES string of the molecule is C=CCOc1ccc(C(=O)NN2C(=O)c3cc(I)ccc3N[C@@H]2c2cc(OC)ccc2OCC)cc1. The van der Waals surface area contributed by atoms with Crippen LogP contribution in [-0.4, -0.2) is 37.1 Å². The number of hydrogen-bond donors (Lipinski definition) is 2. The standard InChI is InChI=1S/C27H26IN3O5/c1-4-14-36-19-9-6-17(7-10-19)26(32)30-31-25(22-16-20(34-3)11-13-24(22)35-5-2)29-23-12-8-18(28)15-21(23)27(31)33/h4,6-13,15-16,25,29H,1,5,14H2,2-3H3,(H,30,32)/t25-/m0/s1. The molecule has 3 aromatic rings. The van der Waals surface area contributed by atoms with E-state index in [4.69, 9.17) is 14.2 Å². The molecule has 3 aromatic carbocycles. The van der Waals surface area contributed by atoms with E-state index in [-0.39, 0.29) is 5.91 Å². The van der Waals surface area contributed by atoms with Crippen LogP contribution in [0.5, 0.6) is 17.2 Å². The summed E-state index contributed by atoms with van der Waals surface area (Å²) >= 11 is 2.15. The van der Waals surface area contributed by atoms with Crippen LogP contribution in [0.2, 0.25) is 0 Å². The first-order valence-electron chi connectivity index (χ1n) is 11.3. The number of nitrogens with one attached hydrogen (secondary N) is 2. The van der Waals surface area contributed by atoms with E-state index >= 15 is 0 Å². The molecule has 0 fully saturated rings. The molecule has 2 N–H and O–H groups in total. The Hall–Kier alpha value is -3.73. The number of hydrazine groups is 1. The van der Waals surface area contributed by atoms with E-state index in [9.17, 15) is 9.59 Å². The third-order valence-corrected chi connectivity index (χ3v) is 6.17. The van der Waals surface area contributed by atoms with Crippen molar-refractivity contribution < 1.29 is 23.8 Å². The molecular formula is C27H26IN3O5. The van der Waals surface area contributed by atoms with Gasteiger partial charge in [0.2, 0.25) is 0 Å². The van der Waals surface area contributed by atoms with Crippen LogP contribution in [-0.2, 0) is 0 Å². The van der Waals surface area contributed by atoms with Crippen molar-refractivity contribution in [3.63, 3.8) is 0 Å². The maximum absolute atomic E-state index is 13.7. The van der Waals surface area contributed by atoms with E-state index < -0.39 is 12.1 Å². The number of ether oxygens (including phenoxy) is 3. The molecular weight excluding hydrogens is 573 g/mol. The molecule has 186 valence electrons. The second kappa shape index (κ2) is 11.3. The minimum Gasteiger partial charge on any atom is -0.497 e. The topological polar surface area (TPSA) is 89.1 Å². The number of halogens is 1. The molecule has 0 saturated carbocycles. The predicted octanol–water partition coefficient (Wildman–Crippen LogP) is 5.17. The number of fused-ring (bicyclic) bond motifs is 1. The molecule has 0 saturated heterocycles. The highest BCUT2D eigenvalue weighted by atomic mass is 127. The summed E-state index contributed by atoms with van der Waals surface area (Å²) in [5, 5.41) is 4.67. The largest absolute Gasteiger partial charge is 0.497 e. The lowest BCUT2D eigenvalue weighted by molar-refractivity contribution is 0.0487. The molecule has 1 atom stereocenters. The molecule has 1 aliphatic rings. The third kappa shape index (κ3) is 5.40. The van der Waals surface area contributed by atoms with Gasteiger partial charge < -0.3 is 19.5 Å².